The topological polar surface area (TPSA) is 24.1 Å². The first-order chi connectivity index (χ1) is 7.88. The van der Waals surface area contributed by atoms with Crippen LogP contribution in [0.3, 0.4) is 0 Å². The van der Waals surface area contributed by atoms with Crippen LogP contribution in [0.1, 0.15) is 44.9 Å². The molecule has 0 amide bonds. The van der Waals surface area contributed by atoms with Gasteiger partial charge in [-0.3, -0.25) is 0 Å². The molecule has 1 rings (SSSR count). The minimum Gasteiger partial charge on any atom is -0.311 e. The third-order valence-corrected chi connectivity index (χ3v) is 2.81. The van der Waals surface area contributed by atoms with E-state index in [1.807, 2.05) is 0 Å². The Morgan fingerprint density at radius 2 is 1.65 bits per heavy atom. The molecule has 0 unspecified atom stereocenters. The molecule has 96 valence electrons. The van der Waals surface area contributed by atoms with Crippen molar-refractivity contribution in [3.8, 4) is 0 Å². The molecule has 0 heterocycles. The molecule has 1 atom stereocenters. The highest BCUT2D eigenvalue weighted by atomic mass is 15.0. The Labute approximate surface area is 106 Å². The van der Waals surface area contributed by atoms with Gasteiger partial charge in [-0.1, -0.05) is 29.8 Å². The Bertz CT molecular complexity index is 322. The first-order valence-electron chi connectivity index (χ1n) is 6.43. The number of benzene rings is 1. The van der Waals surface area contributed by atoms with Crippen molar-refractivity contribution in [3.05, 3.63) is 35.4 Å². The summed E-state index contributed by atoms with van der Waals surface area (Å²) < 4.78 is 0. The van der Waals surface area contributed by atoms with Crippen molar-refractivity contribution in [3.63, 3.8) is 0 Å². The Balaban J connectivity index is 2.30. The smallest absolute Gasteiger partial charge is 0.0292 e. The fraction of sp³-hybridized carbons (Fsp3) is 0.600. The second kappa shape index (κ2) is 6.18. The highest BCUT2D eigenvalue weighted by Crippen LogP contribution is 2.12. The number of hydrogen-bond donors (Lipinski definition) is 2. The second-order valence-electron chi connectivity index (χ2n) is 5.76. The van der Waals surface area contributed by atoms with Crippen LogP contribution in [0.25, 0.3) is 0 Å². The van der Waals surface area contributed by atoms with Gasteiger partial charge < -0.3 is 10.6 Å². The van der Waals surface area contributed by atoms with Gasteiger partial charge in [0.15, 0.2) is 0 Å². The van der Waals surface area contributed by atoms with E-state index in [-0.39, 0.29) is 5.54 Å². The number of aryl methyl sites for hydroxylation is 1. The van der Waals surface area contributed by atoms with Gasteiger partial charge in [-0.05, 0) is 40.2 Å². The minimum absolute atomic E-state index is 0.203. The lowest BCUT2D eigenvalue weighted by molar-refractivity contribution is 0.414. The fourth-order valence-electron chi connectivity index (χ4n) is 1.70. The van der Waals surface area contributed by atoms with Crippen LogP contribution in [0.4, 0.5) is 0 Å². The van der Waals surface area contributed by atoms with Crippen molar-refractivity contribution < 1.29 is 0 Å². The molecule has 0 saturated carbocycles. The summed E-state index contributed by atoms with van der Waals surface area (Å²) in [7, 11) is 0. The second-order valence-corrected chi connectivity index (χ2v) is 5.76. The van der Waals surface area contributed by atoms with Crippen molar-refractivity contribution in [2.45, 2.75) is 46.2 Å². The highest BCUT2D eigenvalue weighted by Gasteiger charge is 2.08. The lowest BCUT2D eigenvalue weighted by Gasteiger charge is -2.22. The zero-order chi connectivity index (χ0) is 12.9. The van der Waals surface area contributed by atoms with Crippen LogP contribution in [0.5, 0.6) is 0 Å². The average Bonchev–Trinajstić information content (AvgIpc) is 2.24. The SMILES string of the molecule is Cc1ccc([C@H](C)NCCNC(C)(C)C)cc1. The predicted molar refractivity (Wildman–Crippen MR) is 75.4 cm³/mol. The molecule has 0 aromatic heterocycles. The van der Waals surface area contributed by atoms with Crippen LogP contribution in [0, 0.1) is 6.92 Å². The summed E-state index contributed by atoms with van der Waals surface area (Å²) in [6.45, 7) is 12.9. The van der Waals surface area contributed by atoms with Crippen molar-refractivity contribution in [2.24, 2.45) is 0 Å². The van der Waals surface area contributed by atoms with E-state index in [9.17, 15) is 0 Å². The zero-order valence-electron chi connectivity index (χ0n) is 11.8. The molecule has 0 radical (unpaired) electrons. The largest absolute Gasteiger partial charge is 0.311 e. The molecule has 0 fully saturated rings. The Morgan fingerprint density at radius 1 is 1.06 bits per heavy atom. The predicted octanol–water partition coefficient (Wildman–Crippen LogP) is 3.03. The van der Waals surface area contributed by atoms with E-state index in [1.54, 1.807) is 0 Å². The quantitative estimate of drug-likeness (QED) is 0.765. The molecule has 2 nitrogen and oxygen atoms in total. The van der Waals surface area contributed by atoms with E-state index in [0.29, 0.717) is 6.04 Å². The number of nitrogens with one attached hydrogen (secondary N) is 2. The number of rotatable bonds is 5. The molecule has 2 heteroatoms. The first-order valence-corrected chi connectivity index (χ1v) is 6.43. The maximum Gasteiger partial charge on any atom is 0.0292 e. The molecular formula is C15H26N2. The lowest BCUT2D eigenvalue weighted by Crippen LogP contribution is -2.40. The molecule has 0 saturated heterocycles. The normalized spacial score (nSPS) is 13.7. The summed E-state index contributed by atoms with van der Waals surface area (Å²) in [6, 6.07) is 9.15. The van der Waals surface area contributed by atoms with Gasteiger partial charge in [0, 0.05) is 24.7 Å². The van der Waals surface area contributed by atoms with Crippen molar-refractivity contribution in [2.75, 3.05) is 13.1 Å². The van der Waals surface area contributed by atoms with Crippen LogP contribution < -0.4 is 10.6 Å². The third-order valence-electron chi connectivity index (χ3n) is 2.81. The Morgan fingerprint density at radius 3 is 2.18 bits per heavy atom. The third kappa shape index (κ3) is 5.85. The summed E-state index contributed by atoms with van der Waals surface area (Å²) in [4.78, 5) is 0. The van der Waals surface area contributed by atoms with Gasteiger partial charge in [0.1, 0.15) is 0 Å². The van der Waals surface area contributed by atoms with Crippen LogP contribution in [0.15, 0.2) is 24.3 Å². The Kier molecular flexibility index (Phi) is 5.16. The van der Waals surface area contributed by atoms with Gasteiger partial charge in [0.2, 0.25) is 0 Å². The minimum atomic E-state index is 0.203. The Hall–Kier alpha value is -0.860. The molecule has 0 aliphatic heterocycles. The first kappa shape index (κ1) is 14.2. The van der Waals surface area contributed by atoms with Gasteiger partial charge in [-0.2, -0.15) is 0 Å². The summed E-state index contributed by atoms with van der Waals surface area (Å²) in [5.74, 6) is 0. The van der Waals surface area contributed by atoms with Gasteiger partial charge in [-0.15, -0.1) is 0 Å². The fourth-order valence-corrected chi connectivity index (χ4v) is 1.70. The molecule has 17 heavy (non-hydrogen) atoms. The molecule has 0 aliphatic carbocycles. The summed E-state index contributed by atoms with van der Waals surface area (Å²) in [5, 5.41) is 7.00. The van der Waals surface area contributed by atoms with E-state index in [0.717, 1.165) is 13.1 Å². The summed E-state index contributed by atoms with van der Waals surface area (Å²) >= 11 is 0. The van der Waals surface area contributed by atoms with Gasteiger partial charge in [0.25, 0.3) is 0 Å². The van der Waals surface area contributed by atoms with Gasteiger partial charge >= 0.3 is 0 Å². The molecule has 0 spiro atoms. The zero-order valence-corrected chi connectivity index (χ0v) is 11.8. The molecular weight excluding hydrogens is 208 g/mol. The molecule has 1 aromatic carbocycles. The van der Waals surface area contributed by atoms with E-state index in [4.69, 9.17) is 0 Å². The molecule has 0 aliphatic rings. The maximum absolute atomic E-state index is 3.53. The van der Waals surface area contributed by atoms with Gasteiger partial charge in [0.05, 0.1) is 0 Å². The average molecular weight is 234 g/mol. The standard InChI is InChI=1S/C15H26N2/c1-12-6-8-14(9-7-12)13(2)16-10-11-17-15(3,4)5/h6-9,13,16-17H,10-11H2,1-5H3/t13-/m0/s1. The van der Waals surface area contributed by atoms with Crippen molar-refractivity contribution in [1.29, 1.82) is 0 Å². The lowest BCUT2D eigenvalue weighted by atomic mass is 10.1. The molecule has 1 aromatic rings. The highest BCUT2D eigenvalue weighted by molar-refractivity contribution is 5.23. The van der Waals surface area contributed by atoms with Crippen molar-refractivity contribution in [1.82, 2.24) is 10.6 Å². The number of hydrogen-bond acceptors (Lipinski definition) is 2. The maximum atomic E-state index is 3.53. The van der Waals surface area contributed by atoms with E-state index in [1.165, 1.54) is 11.1 Å². The summed E-state index contributed by atoms with van der Waals surface area (Å²) in [6.07, 6.45) is 0. The molecule has 2 N–H and O–H groups in total. The van der Waals surface area contributed by atoms with Gasteiger partial charge in [-0.25, -0.2) is 0 Å². The van der Waals surface area contributed by atoms with Crippen molar-refractivity contribution >= 4 is 0 Å². The monoisotopic (exact) mass is 234 g/mol. The van der Waals surface area contributed by atoms with Crippen LogP contribution in [-0.4, -0.2) is 18.6 Å². The van der Waals surface area contributed by atoms with E-state index < -0.39 is 0 Å². The van der Waals surface area contributed by atoms with E-state index in [2.05, 4.69) is 69.5 Å². The van der Waals surface area contributed by atoms with E-state index >= 15 is 0 Å². The molecule has 0 bridgehead atoms. The van der Waals surface area contributed by atoms with Crippen LogP contribution in [0.2, 0.25) is 0 Å². The summed E-state index contributed by atoms with van der Waals surface area (Å²) in [5.41, 5.74) is 2.87. The van der Waals surface area contributed by atoms with Crippen LogP contribution >= 0.6 is 0 Å². The van der Waals surface area contributed by atoms with Crippen LogP contribution in [-0.2, 0) is 0 Å².